The molecular formula is C14H25NO3. The number of aliphatic carboxylic acids is 1. The minimum atomic E-state index is -1.06. The molecule has 0 radical (unpaired) electrons. The number of carboxylic acid groups (broad SMARTS) is 1. The van der Waals surface area contributed by atoms with Crippen LogP contribution in [0, 0.1) is 17.3 Å². The molecule has 2 N–H and O–H groups in total. The van der Waals surface area contributed by atoms with Gasteiger partial charge in [0, 0.05) is 6.54 Å². The lowest BCUT2D eigenvalue weighted by Gasteiger charge is -2.31. The third kappa shape index (κ3) is 4.00. The minimum Gasteiger partial charge on any atom is -0.481 e. The van der Waals surface area contributed by atoms with E-state index < -0.39 is 11.9 Å². The van der Waals surface area contributed by atoms with Crippen LogP contribution in [0.3, 0.4) is 0 Å². The number of hydrogen-bond acceptors (Lipinski definition) is 2. The van der Waals surface area contributed by atoms with Crippen molar-refractivity contribution in [3.05, 3.63) is 0 Å². The fraction of sp³-hybridized carbons (Fsp3) is 0.857. The van der Waals surface area contributed by atoms with Crippen molar-refractivity contribution >= 4 is 11.9 Å². The first-order valence-electron chi connectivity index (χ1n) is 6.87. The van der Waals surface area contributed by atoms with Crippen molar-refractivity contribution in [2.24, 2.45) is 17.3 Å². The highest BCUT2D eigenvalue weighted by atomic mass is 16.4. The first-order chi connectivity index (χ1) is 8.36. The lowest BCUT2D eigenvalue weighted by molar-refractivity contribution is -0.146. The minimum absolute atomic E-state index is 0.196. The summed E-state index contributed by atoms with van der Waals surface area (Å²) in [6.07, 6.45) is 5.84. The number of carboxylic acids is 1. The molecule has 0 aromatic heterocycles. The molecule has 1 unspecified atom stereocenters. The van der Waals surface area contributed by atoms with Gasteiger partial charge in [-0.1, -0.05) is 26.7 Å². The summed E-state index contributed by atoms with van der Waals surface area (Å²) in [6.45, 7) is 6.45. The van der Waals surface area contributed by atoms with Crippen molar-refractivity contribution in [2.45, 2.75) is 52.9 Å². The van der Waals surface area contributed by atoms with E-state index >= 15 is 0 Å². The summed E-state index contributed by atoms with van der Waals surface area (Å²) in [5, 5.41) is 11.6. The lowest BCUT2D eigenvalue weighted by Crippen LogP contribution is -2.41. The molecule has 0 aliphatic heterocycles. The monoisotopic (exact) mass is 255 g/mol. The molecule has 0 aromatic carbocycles. The lowest BCUT2D eigenvalue weighted by atomic mass is 9.78. The van der Waals surface area contributed by atoms with Crippen molar-refractivity contribution in [1.29, 1.82) is 0 Å². The van der Waals surface area contributed by atoms with E-state index in [9.17, 15) is 9.59 Å². The van der Waals surface area contributed by atoms with Gasteiger partial charge in [0.1, 0.15) is 5.92 Å². The van der Waals surface area contributed by atoms with Crippen LogP contribution in [0.5, 0.6) is 0 Å². The fourth-order valence-corrected chi connectivity index (χ4v) is 2.98. The molecule has 0 spiro atoms. The van der Waals surface area contributed by atoms with Crippen LogP contribution in [0.4, 0.5) is 0 Å². The molecule has 4 heteroatoms. The molecule has 0 bridgehead atoms. The summed E-state index contributed by atoms with van der Waals surface area (Å²) in [7, 11) is 0. The second-order valence-electron chi connectivity index (χ2n) is 6.08. The zero-order valence-corrected chi connectivity index (χ0v) is 11.7. The smallest absolute Gasteiger partial charge is 0.315 e. The first-order valence-corrected chi connectivity index (χ1v) is 6.87. The van der Waals surface area contributed by atoms with Crippen molar-refractivity contribution in [3.63, 3.8) is 0 Å². The summed E-state index contributed by atoms with van der Waals surface area (Å²) >= 11 is 0. The highest BCUT2D eigenvalue weighted by Gasteiger charge is 2.35. The van der Waals surface area contributed by atoms with Gasteiger partial charge in [-0.25, -0.2) is 0 Å². The summed E-state index contributed by atoms with van der Waals surface area (Å²) in [4.78, 5) is 22.4. The Balaban J connectivity index is 2.53. The largest absolute Gasteiger partial charge is 0.481 e. The van der Waals surface area contributed by atoms with Crippen molar-refractivity contribution in [1.82, 2.24) is 5.32 Å². The predicted molar refractivity (Wildman–Crippen MR) is 70.2 cm³/mol. The zero-order valence-electron chi connectivity index (χ0n) is 11.7. The van der Waals surface area contributed by atoms with Gasteiger partial charge in [0.2, 0.25) is 5.91 Å². The maximum atomic E-state index is 11.7. The van der Waals surface area contributed by atoms with Gasteiger partial charge in [0.15, 0.2) is 0 Å². The molecule has 1 aliphatic carbocycles. The van der Waals surface area contributed by atoms with Gasteiger partial charge in [0.25, 0.3) is 0 Å². The SMILES string of the molecule is CC(C)CC1(CNC(=O)C(C)C(=O)O)CCCC1. The van der Waals surface area contributed by atoms with Crippen LogP contribution < -0.4 is 5.32 Å². The molecule has 1 fully saturated rings. The Morgan fingerprint density at radius 2 is 1.78 bits per heavy atom. The molecular weight excluding hydrogens is 230 g/mol. The maximum Gasteiger partial charge on any atom is 0.315 e. The van der Waals surface area contributed by atoms with Crippen LogP contribution in [0.1, 0.15) is 52.9 Å². The second kappa shape index (κ2) is 6.21. The summed E-state index contributed by atoms with van der Waals surface area (Å²) in [6, 6.07) is 0. The summed E-state index contributed by atoms with van der Waals surface area (Å²) < 4.78 is 0. The molecule has 0 saturated heterocycles. The van der Waals surface area contributed by atoms with E-state index in [1.54, 1.807) is 0 Å². The topological polar surface area (TPSA) is 66.4 Å². The van der Waals surface area contributed by atoms with Crippen molar-refractivity contribution in [2.75, 3.05) is 6.54 Å². The Morgan fingerprint density at radius 3 is 2.22 bits per heavy atom. The third-order valence-corrected chi connectivity index (χ3v) is 3.91. The number of nitrogens with one attached hydrogen (secondary N) is 1. The van der Waals surface area contributed by atoms with Crippen LogP contribution in [0.2, 0.25) is 0 Å². The summed E-state index contributed by atoms with van der Waals surface area (Å²) in [5.41, 5.74) is 0.196. The van der Waals surface area contributed by atoms with E-state index in [4.69, 9.17) is 5.11 Å². The van der Waals surface area contributed by atoms with E-state index in [1.807, 2.05) is 0 Å². The van der Waals surface area contributed by atoms with E-state index in [1.165, 1.54) is 19.8 Å². The predicted octanol–water partition coefficient (Wildman–Crippen LogP) is 2.43. The normalized spacial score (nSPS) is 19.8. The Kier molecular flexibility index (Phi) is 5.17. The van der Waals surface area contributed by atoms with Crippen molar-refractivity contribution in [3.8, 4) is 0 Å². The molecule has 18 heavy (non-hydrogen) atoms. The van der Waals surface area contributed by atoms with Gasteiger partial charge in [-0.2, -0.15) is 0 Å². The van der Waals surface area contributed by atoms with Crippen LogP contribution in [0.25, 0.3) is 0 Å². The molecule has 1 rings (SSSR count). The van der Waals surface area contributed by atoms with Gasteiger partial charge >= 0.3 is 5.97 Å². The first kappa shape index (κ1) is 15.0. The van der Waals surface area contributed by atoms with E-state index in [2.05, 4.69) is 19.2 Å². The van der Waals surface area contributed by atoms with E-state index in [0.29, 0.717) is 12.5 Å². The maximum absolute atomic E-state index is 11.7. The number of amides is 1. The van der Waals surface area contributed by atoms with Gasteiger partial charge in [-0.15, -0.1) is 0 Å². The second-order valence-corrected chi connectivity index (χ2v) is 6.08. The van der Waals surface area contributed by atoms with Crippen LogP contribution in [-0.2, 0) is 9.59 Å². The highest BCUT2D eigenvalue weighted by Crippen LogP contribution is 2.42. The molecule has 0 aromatic rings. The molecule has 1 atom stereocenters. The third-order valence-electron chi connectivity index (χ3n) is 3.91. The number of carbonyl (C=O) groups is 2. The van der Waals surface area contributed by atoms with Gasteiger partial charge in [-0.05, 0) is 37.5 Å². The Hall–Kier alpha value is -1.06. The quantitative estimate of drug-likeness (QED) is 0.716. The Labute approximate surface area is 109 Å². The standard InChI is InChI=1S/C14H25NO3/c1-10(2)8-14(6-4-5-7-14)9-15-12(16)11(3)13(17)18/h10-11H,4-9H2,1-3H3,(H,15,16)(H,17,18). The Morgan fingerprint density at radius 1 is 1.22 bits per heavy atom. The fourth-order valence-electron chi connectivity index (χ4n) is 2.98. The number of carbonyl (C=O) groups excluding carboxylic acids is 1. The van der Waals surface area contributed by atoms with E-state index in [-0.39, 0.29) is 11.3 Å². The average Bonchev–Trinajstić information content (AvgIpc) is 2.72. The van der Waals surface area contributed by atoms with Gasteiger partial charge in [-0.3, -0.25) is 9.59 Å². The zero-order chi connectivity index (χ0) is 13.8. The molecule has 4 nitrogen and oxygen atoms in total. The van der Waals surface area contributed by atoms with Gasteiger partial charge < -0.3 is 10.4 Å². The Bertz CT molecular complexity index is 306. The number of hydrogen-bond donors (Lipinski definition) is 2. The molecule has 104 valence electrons. The average molecular weight is 255 g/mol. The molecule has 1 amide bonds. The molecule has 1 aliphatic rings. The van der Waals surface area contributed by atoms with Crippen LogP contribution in [0.15, 0.2) is 0 Å². The number of rotatable bonds is 6. The molecule has 1 saturated carbocycles. The van der Waals surface area contributed by atoms with E-state index in [0.717, 1.165) is 19.3 Å². The highest BCUT2D eigenvalue weighted by molar-refractivity contribution is 5.96. The van der Waals surface area contributed by atoms with Crippen LogP contribution >= 0.6 is 0 Å². The summed E-state index contributed by atoms with van der Waals surface area (Å²) in [5.74, 6) is -1.77. The molecule has 0 heterocycles. The van der Waals surface area contributed by atoms with Crippen molar-refractivity contribution < 1.29 is 14.7 Å². The van der Waals surface area contributed by atoms with Crippen LogP contribution in [-0.4, -0.2) is 23.5 Å². The van der Waals surface area contributed by atoms with Gasteiger partial charge in [0.05, 0.1) is 0 Å².